The standard InChI is InChI=1S/C11H9N3/c1-2-5-13-7-8-14-6-4-12-11(14)9-10(13)3-1/h1-9H. The zero-order chi connectivity index (χ0) is 9.38. The second-order valence-electron chi connectivity index (χ2n) is 3.17. The van der Waals surface area contributed by atoms with Crippen molar-refractivity contribution in [2.75, 3.05) is 0 Å². The predicted octanol–water partition coefficient (Wildman–Crippen LogP) is 2.05. The van der Waals surface area contributed by atoms with Crippen LogP contribution < -0.4 is 0 Å². The van der Waals surface area contributed by atoms with E-state index in [-0.39, 0.29) is 0 Å². The molecule has 3 heterocycles. The summed E-state index contributed by atoms with van der Waals surface area (Å²) in [5, 5.41) is 0. The normalized spacial score (nSPS) is 17.4. The smallest absolute Gasteiger partial charge is 0.138 e. The molecule has 0 saturated carbocycles. The molecule has 14 heavy (non-hydrogen) atoms. The number of allylic oxidation sites excluding steroid dienone is 3. The largest absolute Gasteiger partial charge is 0.322 e. The lowest BCUT2D eigenvalue weighted by Gasteiger charge is -2.17. The highest BCUT2D eigenvalue weighted by molar-refractivity contribution is 5.56. The molecular weight excluding hydrogens is 174 g/mol. The molecule has 0 atom stereocenters. The number of hydrogen-bond donors (Lipinski definition) is 0. The van der Waals surface area contributed by atoms with E-state index in [0.29, 0.717) is 0 Å². The van der Waals surface area contributed by atoms with Gasteiger partial charge in [0.1, 0.15) is 5.82 Å². The van der Waals surface area contributed by atoms with Crippen molar-refractivity contribution < 1.29 is 0 Å². The molecule has 3 nitrogen and oxygen atoms in total. The second kappa shape index (κ2) is 2.73. The van der Waals surface area contributed by atoms with Crippen molar-refractivity contribution in [1.82, 2.24) is 14.5 Å². The summed E-state index contributed by atoms with van der Waals surface area (Å²) in [7, 11) is 0. The summed E-state index contributed by atoms with van der Waals surface area (Å²) in [5.41, 5.74) is 1.13. The second-order valence-corrected chi connectivity index (χ2v) is 3.17. The maximum Gasteiger partial charge on any atom is 0.138 e. The number of nitrogens with zero attached hydrogens (tertiary/aromatic N) is 3. The molecule has 0 aliphatic carbocycles. The zero-order valence-corrected chi connectivity index (χ0v) is 7.54. The fraction of sp³-hybridized carbons (Fsp3) is 0. The maximum absolute atomic E-state index is 4.26. The van der Waals surface area contributed by atoms with Crippen LogP contribution in [0.25, 0.3) is 12.3 Å². The Morgan fingerprint density at radius 1 is 1.07 bits per heavy atom. The number of hydrogen-bond acceptors (Lipinski definition) is 2. The Bertz CT molecular complexity index is 474. The van der Waals surface area contributed by atoms with Crippen molar-refractivity contribution in [2.45, 2.75) is 0 Å². The molecule has 0 N–H and O–H groups in total. The van der Waals surface area contributed by atoms with Crippen molar-refractivity contribution in [2.24, 2.45) is 0 Å². The van der Waals surface area contributed by atoms with E-state index in [9.17, 15) is 0 Å². The number of imidazole rings is 1. The minimum absolute atomic E-state index is 0.957. The van der Waals surface area contributed by atoms with Gasteiger partial charge in [-0.3, -0.25) is 0 Å². The van der Waals surface area contributed by atoms with Crippen molar-refractivity contribution in [1.29, 1.82) is 0 Å². The lowest BCUT2D eigenvalue weighted by molar-refractivity contribution is 0.655. The minimum atomic E-state index is 0.957. The lowest BCUT2D eigenvalue weighted by Crippen LogP contribution is -2.07. The van der Waals surface area contributed by atoms with Crippen LogP contribution in [0.5, 0.6) is 0 Å². The Labute approximate surface area is 82.0 Å². The van der Waals surface area contributed by atoms with Gasteiger partial charge in [-0.05, 0) is 12.2 Å². The average Bonchev–Trinajstić information content (AvgIpc) is 2.58. The fourth-order valence-corrected chi connectivity index (χ4v) is 1.57. The van der Waals surface area contributed by atoms with Gasteiger partial charge in [0.05, 0.1) is 0 Å². The van der Waals surface area contributed by atoms with Gasteiger partial charge in [-0.25, -0.2) is 4.98 Å². The molecule has 0 amide bonds. The first-order chi connectivity index (χ1) is 6.93. The van der Waals surface area contributed by atoms with Crippen molar-refractivity contribution in [3.05, 3.63) is 54.5 Å². The van der Waals surface area contributed by atoms with E-state index in [1.807, 2.05) is 41.5 Å². The van der Waals surface area contributed by atoms with Crippen LogP contribution in [0.15, 0.2) is 48.7 Å². The molecule has 68 valence electrons. The Hall–Kier alpha value is -2.03. The molecule has 3 rings (SSSR count). The Morgan fingerprint density at radius 2 is 2.07 bits per heavy atom. The predicted molar refractivity (Wildman–Crippen MR) is 55.7 cm³/mol. The Kier molecular flexibility index (Phi) is 1.44. The van der Waals surface area contributed by atoms with Gasteiger partial charge in [0.2, 0.25) is 0 Å². The summed E-state index contributed by atoms with van der Waals surface area (Å²) in [5.74, 6) is 0.957. The third-order valence-electron chi connectivity index (χ3n) is 2.29. The monoisotopic (exact) mass is 183 g/mol. The summed E-state index contributed by atoms with van der Waals surface area (Å²) in [4.78, 5) is 6.32. The zero-order valence-electron chi connectivity index (χ0n) is 7.54. The summed E-state index contributed by atoms with van der Waals surface area (Å²) in [6.45, 7) is 0. The number of aromatic nitrogens is 2. The van der Waals surface area contributed by atoms with E-state index < -0.39 is 0 Å². The van der Waals surface area contributed by atoms with Crippen LogP contribution in [-0.4, -0.2) is 14.5 Å². The van der Waals surface area contributed by atoms with Crippen molar-refractivity contribution in [3.63, 3.8) is 0 Å². The molecule has 0 unspecified atom stereocenters. The minimum Gasteiger partial charge on any atom is -0.322 e. The van der Waals surface area contributed by atoms with Gasteiger partial charge in [0.25, 0.3) is 0 Å². The highest BCUT2D eigenvalue weighted by Crippen LogP contribution is 2.19. The highest BCUT2D eigenvalue weighted by Gasteiger charge is 2.08. The molecule has 2 aliphatic rings. The van der Waals surface area contributed by atoms with Crippen LogP contribution >= 0.6 is 0 Å². The number of rotatable bonds is 0. The van der Waals surface area contributed by atoms with E-state index in [1.54, 1.807) is 6.20 Å². The van der Waals surface area contributed by atoms with Gasteiger partial charge in [-0.15, -0.1) is 0 Å². The molecule has 1 aromatic heterocycles. The van der Waals surface area contributed by atoms with Crippen LogP contribution in [0.1, 0.15) is 5.82 Å². The Morgan fingerprint density at radius 3 is 3.07 bits per heavy atom. The van der Waals surface area contributed by atoms with Gasteiger partial charge >= 0.3 is 0 Å². The van der Waals surface area contributed by atoms with Crippen molar-refractivity contribution in [3.8, 4) is 0 Å². The van der Waals surface area contributed by atoms with Gasteiger partial charge < -0.3 is 9.47 Å². The van der Waals surface area contributed by atoms with E-state index in [0.717, 1.165) is 11.5 Å². The SMILES string of the molecule is C1=CC2=Cc3nccn3C=CN2C=C1. The van der Waals surface area contributed by atoms with Crippen LogP contribution in [-0.2, 0) is 0 Å². The third-order valence-corrected chi connectivity index (χ3v) is 2.29. The van der Waals surface area contributed by atoms with Gasteiger partial charge in [0, 0.05) is 42.8 Å². The highest BCUT2D eigenvalue weighted by atomic mass is 15.1. The molecule has 0 radical (unpaired) electrons. The van der Waals surface area contributed by atoms with Crippen LogP contribution in [0.4, 0.5) is 0 Å². The fourth-order valence-electron chi connectivity index (χ4n) is 1.57. The van der Waals surface area contributed by atoms with Gasteiger partial charge in [0.15, 0.2) is 0 Å². The third kappa shape index (κ3) is 1.03. The topological polar surface area (TPSA) is 21.1 Å². The van der Waals surface area contributed by atoms with Crippen LogP contribution in [0.3, 0.4) is 0 Å². The molecule has 0 saturated heterocycles. The quantitative estimate of drug-likeness (QED) is 0.613. The van der Waals surface area contributed by atoms with Crippen molar-refractivity contribution >= 4 is 12.3 Å². The van der Waals surface area contributed by atoms with Gasteiger partial charge in [-0.2, -0.15) is 0 Å². The molecular formula is C11H9N3. The molecule has 0 bridgehead atoms. The lowest BCUT2D eigenvalue weighted by atomic mass is 10.2. The van der Waals surface area contributed by atoms with E-state index in [1.165, 1.54) is 0 Å². The van der Waals surface area contributed by atoms with Gasteiger partial charge in [-0.1, -0.05) is 6.08 Å². The van der Waals surface area contributed by atoms with E-state index in [2.05, 4.69) is 22.0 Å². The van der Waals surface area contributed by atoms with E-state index >= 15 is 0 Å². The molecule has 0 fully saturated rings. The Balaban J connectivity index is 2.17. The maximum atomic E-state index is 4.26. The number of fused-ring (bicyclic) bond motifs is 2. The van der Waals surface area contributed by atoms with Crippen LogP contribution in [0, 0.1) is 0 Å². The molecule has 1 aromatic rings. The molecule has 0 spiro atoms. The summed E-state index contributed by atoms with van der Waals surface area (Å²) >= 11 is 0. The summed E-state index contributed by atoms with van der Waals surface area (Å²) in [6, 6.07) is 0. The molecule has 2 aliphatic heterocycles. The van der Waals surface area contributed by atoms with Crippen LogP contribution in [0.2, 0.25) is 0 Å². The first-order valence-corrected chi connectivity index (χ1v) is 4.49. The first-order valence-electron chi connectivity index (χ1n) is 4.49. The van der Waals surface area contributed by atoms with E-state index in [4.69, 9.17) is 0 Å². The average molecular weight is 183 g/mol. The first kappa shape index (κ1) is 7.38. The molecule has 3 heteroatoms. The molecule has 0 aromatic carbocycles. The summed E-state index contributed by atoms with van der Waals surface area (Å²) < 4.78 is 1.99. The summed E-state index contributed by atoms with van der Waals surface area (Å²) in [6.07, 6.45) is 17.9.